The molecule has 0 saturated carbocycles. The topological polar surface area (TPSA) is 104 Å². The van der Waals surface area contributed by atoms with Gasteiger partial charge in [0.2, 0.25) is 15.9 Å². The summed E-state index contributed by atoms with van der Waals surface area (Å²) in [5.41, 5.74) is 3.40. The fraction of sp³-hybridized carbons (Fsp3) is 0.556. The van der Waals surface area contributed by atoms with E-state index >= 15 is 0 Å². The Morgan fingerprint density at radius 1 is 1.12 bits per heavy atom. The second-order valence-corrected chi connectivity index (χ2v) is 8.75. The van der Waals surface area contributed by atoms with E-state index in [-0.39, 0.29) is 24.9 Å². The minimum absolute atomic E-state index is 0.249. The number of amides is 1. The van der Waals surface area contributed by atoms with E-state index in [4.69, 9.17) is 5.11 Å². The molecular formula is C18H26N2O5S. The third-order valence-electron chi connectivity index (χ3n) is 5.13. The number of carbonyl (C=O) groups is 2. The van der Waals surface area contributed by atoms with Crippen molar-refractivity contribution in [2.45, 2.75) is 45.4 Å². The molecule has 144 valence electrons. The Balaban J connectivity index is 2.17. The molecule has 1 fully saturated rings. The molecule has 0 aromatic heterocycles. The highest BCUT2D eigenvalue weighted by molar-refractivity contribution is 7.89. The lowest BCUT2D eigenvalue weighted by atomic mass is 9.97. The lowest BCUT2D eigenvalue weighted by Crippen LogP contribution is -2.44. The second kappa shape index (κ2) is 7.75. The van der Waals surface area contributed by atoms with Gasteiger partial charge in [-0.25, -0.2) is 8.42 Å². The van der Waals surface area contributed by atoms with Gasteiger partial charge in [-0.1, -0.05) is 6.07 Å². The molecule has 0 atom stereocenters. The highest BCUT2D eigenvalue weighted by Gasteiger charge is 2.34. The van der Waals surface area contributed by atoms with Crippen LogP contribution in [0.3, 0.4) is 0 Å². The Hall–Kier alpha value is -1.93. The molecule has 2 rings (SSSR count). The summed E-state index contributed by atoms with van der Waals surface area (Å²) in [5, 5.41) is 11.0. The first-order valence-electron chi connectivity index (χ1n) is 8.62. The average molecular weight is 382 g/mol. The zero-order chi connectivity index (χ0) is 19.6. The summed E-state index contributed by atoms with van der Waals surface area (Å²) < 4.78 is 27.8. The third-order valence-corrected chi connectivity index (χ3v) is 7.31. The number of nitrogens with one attached hydrogen (secondary N) is 1. The summed E-state index contributed by atoms with van der Waals surface area (Å²) >= 11 is 0. The summed E-state index contributed by atoms with van der Waals surface area (Å²) in [5.74, 6) is -1.79. The molecule has 0 radical (unpaired) electrons. The second-order valence-electron chi connectivity index (χ2n) is 6.88. The summed E-state index contributed by atoms with van der Waals surface area (Å²) in [6.45, 7) is 7.53. The molecule has 7 nitrogen and oxygen atoms in total. The Morgan fingerprint density at radius 2 is 1.62 bits per heavy atom. The maximum atomic E-state index is 13.2. The molecule has 0 aliphatic carbocycles. The van der Waals surface area contributed by atoms with Crippen LogP contribution in [-0.4, -0.2) is 49.3 Å². The number of piperidine rings is 1. The van der Waals surface area contributed by atoms with E-state index in [9.17, 15) is 18.0 Å². The van der Waals surface area contributed by atoms with Crippen LogP contribution in [0.4, 0.5) is 0 Å². The van der Waals surface area contributed by atoms with Crippen LogP contribution in [-0.2, 0) is 19.6 Å². The van der Waals surface area contributed by atoms with Crippen LogP contribution >= 0.6 is 0 Å². The Labute approximate surface area is 154 Å². The number of carboxylic acid groups (broad SMARTS) is 1. The van der Waals surface area contributed by atoms with Crippen molar-refractivity contribution in [3.05, 3.63) is 28.3 Å². The normalized spacial score (nSPS) is 16.5. The van der Waals surface area contributed by atoms with Crippen molar-refractivity contribution in [3.63, 3.8) is 0 Å². The van der Waals surface area contributed by atoms with E-state index in [0.29, 0.717) is 17.7 Å². The zero-order valence-corrected chi connectivity index (χ0v) is 16.4. The standard InChI is InChI=1S/C18H26N2O5S/c1-11-9-12(2)14(4)17(13(11)3)26(24,25)20-7-5-15(6-8-20)18(23)19-10-16(21)22/h9,15H,5-8,10H2,1-4H3,(H,19,23)(H,21,22). The van der Waals surface area contributed by atoms with E-state index in [0.717, 1.165) is 22.3 Å². The maximum absolute atomic E-state index is 13.2. The summed E-state index contributed by atoms with van der Waals surface area (Å²) in [6, 6.07) is 1.99. The van der Waals surface area contributed by atoms with Crippen molar-refractivity contribution < 1.29 is 23.1 Å². The SMILES string of the molecule is Cc1cc(C)c(C)c(S(=O)(=O)N2CCC(C(=O)NCC(=O)O)CC2)c1C. The first kappa shape index (κ1) is 20.4. The van der Waals surface area contributed by atoms with Gasteiger partial charge in [0.05, 0.1) is 4.90 Å². The predicted octanol–water partition coefficient (Wildman–Crippen LogP) is 1.52. The van der Waals surface area contributed by atoms with Crippen LogP contribution in [0, 0.1) is 33.6 Å². The maximum Gasteiger partial charge on any atom is 0.322 e. The average Bonchev–Trinajstić information content (AvgIpc) is 2.58. The van der Waals surface area contributed by atoms with Crippen LogP contribution in [0.1, 0.15) is 35.1 Å². The molecule has 26 heavy (non-hydrogen) atoms. The van der Waals surface area contributed by atoms with Gasteiger partial charge in [-0.2, -0.15) is 4.31 Å². The molecule has 1 saturated heterocycles. The van der Waals surface area contributed by atoms with Crippen molar-refractivity contribution >= 4 is 21.9 Å². The molecule has 1 amide bonds. The van der Waals surface area contributed by atoms with Gasteiger partial charge in [0, 0.05) is 19.0 Å². The third kappa shape index (κ3) is 4.07. The van der Waals surface area contributed by atoms with E-state index in [1.807, 2.05) is 33.8 Å². The fourth-order valence-corrected chi connectivity index (χ4v) is 5.41. The van der Waals surface area contributed by atoms with E-state index in [1.165, 1.54) is 4.31 Å². The number of sulfonamides is 1. The number of benzene rings is 1. The summed E-state index contributed by atoms with van der Waals surface area (Å²) in [4.78, 5) is 22.9. The first-order valence-corrected chi connectivity index (χ1v) is 10.1. The molecule has 1 aromatic rings. The molecule has 1 aliphatic heterocycles. The highest BCUT2D eigenvalue weighted by Crippen LogP contribution is 2.31. The van der Waals surface area contributed by atoms with E-state index < -0.39 is 22.5 Å². The zero-order valence-electron chi connectivity index (χ0n) is 15.6. The number of rotatable bonds is 5. The van der Waals surface area contributed by atoms with Gasteiger partial charge in [-0.15, -0.1) is 0 Å². The number of nitrogens with zero attached hydrogens (tertiary/aromatic N) is 1. The van der Waals surface area contributed by atoms with Crippen molar-refractivity contribution in [1.29, 1.82) is 0 Å². The molecular weight excluding hydrogens is 356 g/mol. The van der Waals surface area contributed by atoms with Gasteiger partial charge >= 0.3 is 5.97 Å². The summed E-state index contributed by atoms with van der Waals surface area (Å²) in [7, 11) is -3.64. The molecule has 0 unspecified atom stereocenters. The van der Waals surface area contributed by atoms with Gasteiger partial charge in [0.25, 0.3) is 0 Å². The largest absolute Gasteiger partial charge is 0.480 e. The predicted molar refractivity (Wildman–Crippen MR) is 97.5 cm³/mol. The highest BCUT2D eigenvalue weighted by atomic mass is 32.2. The lowest BCUT2D eigenvalue weighted by molar-refractivity contribution is -0.138. The minimum atomic E-state index is -3.64. The van der Waals surface area contributed by atoms with Crippen molar-refractivity contribution in [1.82, 2.24) is 9.62 Å². The molecule has 1 heterocycles. The molecule has 1 aliphatic rings. The van der Waals surface area contributed by atoms with Crippen LogP contribution in [0.5, 0.6) is 0 Å². The molecule has 2 N–H and O–H groups in total. The fourth-order valence-electron chi connectivity index (χ4n) is 3.36. The van der Waals surface area contributed by atoms with Crippen molar-refractivity contribution in [2.24, 2.45) is 5.92 Å². The number of hydrogen-bond donors (Lipinski definition) is 2. The Morgan fingerprint density at radius 3 is 2.08 bits per heavy atom. The lowest BCUT2D eigenvalue weighted by Gasteiger charge is -2.31. The van der Waals surface area contributed by atoms with Gasteiger partial charge < -0.3 is 10.4 Å². The van der Waals surface area contributed by atoms with Crippen molar-refractivity contribution in [3.8, 4) is 0 Å². The number of hydrogen-bond acceptors (Lipinski definition) is 4. The van der Waals surface area contributed by atoms with Crippen LogP contribution in [0.15, 0.2) is 11.0 Å². The quantitative estimate of drug-likeness (QED) is 0.804. The van der Waals surface area contributed by atoms with Gasteiger partial charge in [-0.05, 0) is 62.8 Å². The number of carboxylic acids is 1. The monoisotopic (exact) mass is 382 g/mol. The molecule has 0 spiro atoms. The molecule has 8 heteroatoms. The van der Waals surface area contributed by atoms with Crippen LogP contribution in [0.25, 0.3) is 0 Å². The van der Waals surface area contributed by atoms with Crippen molar-refractivity contribution in [2.75, 3.05) is 19.6 Å². The first-order chi connectivity index (χ1) is 12.1. The van der Waals surface area contributed by atoms with Gasteiger partial charge in [0.1, 0.15) is 6.54 Å². The van der Waals surface area contributed by atoms with Crippen LogP contribution in [0.2, 0.25) is 0 Å². The summed E-state index contributed by atoms with van der Waals surface area (Å²) in [6.07, 6.45) is 0.765. The molecule has 1 aromatic carbocycles. The Bertz CT molecular complexity index is 798. The van der Waals surface area contributed by atoms with E-state index in [1.54, 1.807) is 0 Å². The number of aryl methyl sites for hydroxylation is 2. The number of aliphatic carboxylic acids is 1. The minimum Gasteiger partial charge on any atom is -0.480 e. The van der Waals surface area contributed by atoms with Gasteiger partial charge in [-0.3, -0.25) is 9.59 Å². The van der Waals surface area contributed by atoms with Crippen LogP contribution < -0.4 is 5.32 Å². The smallest absolute Gasteiger partial charge is 0.322 e. The molecule has 0 bridgehead atoms. The number of carbonyl (C=O) groups excluding carboxylic acids is 1. The van der Waals surface area contributed by atoms with E-state index in [2.05, 4.69) is 5.32 Å². The van der Waals surface area contributed by atoms with Gasteiger partial charge in [0.15, 0.2) is 0 Å². The Kier molecular flexibility index (Phi) is 6.08.